The van der Waals surface area contributed by atoms with Crippen LogP contribution in [-0.4, -0.2) is 18.0 Å². The summed E-state index contributed by atoms with van der Waals surface area (Å²) >= 11 is 0. The second kappa shape index (κ2) is 5.85. The van der Waals surface area contributed by atoms with E-state index >= 15 is 0 Å². The Bertz CT molecular complexity index is 257. The predicted molar refractivity (Wildman–Crippen MR) is 71.6 cm³/mol. The molecule has 17 heavy (non-hydrogen) atoms. The van der Waals surface area contributed by atoms with E-state index in [1.54, 1.807) is 0 Å². The van der Waals surface area contributed by atoms with Crippen LogP contribution in [0.3, 0.4) is 0 Å². The van der Waals surface area contributed by atoms with Crippen molar-refractivity contribution in [3.63, 3.8) is 0 Å². The van der Waals surface area contributed by atoms with E-state index in [-0.39, 0.29) is 18.0 Å². The van der Waals surface area contributed by atoms with Crippen molar-refractivity contribution in [2.45, 2.75) is 71.9 Å². The Balaban J connectivity index is 2.29. The van der Waals surface area contributed by atoms with Crippen LogP contribution in [0, 0.1) is 11.3 Å². The zero-order valence-electron chi connectivity index (χ0n) is 11.8. The fourth-order valence-electron chi connectivity index (χ4n) is 2.87. The molecule has 3 heteroatoms. The largest absolute Gasteiger partial charge is 0.352 e. The molecule has 0 aromatic heterocycles. The van der Waals surface area contributed by atoms with Crippen LogP contribution in [0.15, 0.2) is 0 Å². The molecule has 3 atom stereocenters. The van der Waals surface area contributed by atoms with Gasteiger partial charge in [-0.1, -0.05) is 27.7 Å². The Morgan fingerprint density at radius 2 is 2.06 bits per heavy atom. The summed E-state index contributed by atoms with van der Waals surface area (Å²) in [7, 11) is 0. The minimum absolute atomic E-state index is 0.164. The highest BCUT2D eigenvalue weighted by Crippen LogP contribution is 2.26. The standard InChI is InChI=1S/C14H28N2O/c1-10(9-14(2,3)4)8-13(17)16-12-7-5-6-11(12)15/h10-12H,5-9,15H2,1-4H3,(H,16,17). The number of rotatable bonds is 4. The second-order valence-electron chi connectivity index (χ2n) is 6.84. The van der Waals surface area contributed by atoms with Crippen molar-refractivity contribution >= 4 is 5.91 Å². The average Bonchev–Trinajstić information content (AvgIpc) is 2.47. The molecule has 3 N–H and O–H groups in total. The Morgan fingerprint density at radius 3 is 2.53 bits per heavy atom. The van der Waals surface area contributed by atoms with Gasteiger partial charge in [0.15, 0.2) is 0 Å². The molecule has 1 saturated carbocycles. The van der Waals surface area contributed by atoms with E-state index in [0.29, 0.717) is 17.8 Å². The van der Waals surface area contributed by atoms with Crippen LogP contribution < -0.4 is 11.1 Å². The van der Waals surface area contributed by atoms with Gasteiger partial charge >= 0.3 is 0 Å². The van der Waals surface area contributed by atoms with Gasteiger partial charge < -0.3 is 11.1 Å². The van der Waals surface area contributed by atoms with E-state index < -0.39 is 0 Å². The third kappa shape index (κ3) is 5.53. The van der Waals surface area contributed by atoms with E-state index in [1.165, 1.54) is 0 Å². The van der Waals surface area contributed by atoms with Gasteiger partial charge in [0.2, 0.25) is 5.91 Å². The zero-order valence-corrected chi connectivity index (χ0v) is 11.8. The van der Waals surface area contributed by atoms with Crippen LogP contribution in [0.1, 0.15) is 59.8 Å². The summed E-state index contributed by atoms with van der Waals surface area (Å²) in [5.74, 6) is 0.608. The van der Waals surface area contributed by atoms with Crippen LogP contribution in [0.2, 0.25) is 0 Å². The maximum Gasteiger partial charge on any atom is 0.220 e. The number of hydrogen-bond donors (Lipinski definition) is 2. The van der Waals surface area contributed by atoms with Crippen molar-refractivity contribution in [1.29, 1.82) is 0 Å². The van der Waals surface area contributed by atoms with Crippen molar-refractivity contribution in [2.24, 2.45) is 17.1 Å². The lowest BCUT2D eigenvalue weighted by Crippen LogP contribution is -2.44. The molecular weight excluding hydrogens is 212 g/mol. The summed E-state index contributed by atoms with van der Waals surface area (Å²) in [5.41, 5.74) is 6.24. The average molecular weight is 240 g/mol. The predicted octanol–water partition coefficient (Wildman–Crippen LogP) is 2.44. The van der Waals surface area contributed by atoms with Crippen molar-refractivity contribution < 1.29 is 4.79 Å². The Morgan fingerprint density at radius 1 is 1.41 bits per heavy atom. The molecular formula is C14H28N2O. The lowest BCUT2D eigenvalue weighted by Gasteiger charge is -2.24. The molecule has 1 rings (SSSR count). The number of carbonyl (C=O) groups excluding carboxylic acids is 1. The Kier molecular flexibility index (Phi) is 4.99. The summed E-state index contributed by atoms with van der Waals surface area (Å²) in [6.45, 7) is 8.80. The number of carbonyl (C=O) groups is 1. The van der Waals surface area contributed by atoms with E-state index in [1.807, 2.05) is 0 Å². The van der Waals surface area contributed by atoms with Crippen molar-refractivity contribution in [3.8, 4) is 0 Å². The van der Waals surface area contributed by atoms with Crippen molar-refractivity contribution in [3.05, 3.63) is 0 Å². The van der Waals surface area contributed by atoms with E-state index in [4.69, 9.17) is 5.73 Å². The van der Waals surface area contributed by atoms with Crippen LogP contribution in [0.5, 0.6) is 0 Å². The topological polar surface area (TPSA) is 55.1 Å². The summed E-state index contributed by atoms with van der Waals surface area (Å²) in [5, 5.41) is 3.08. The molecule has 3 unspecified atom stereocenters. The summed E-state index contributed by atoms with van der Waals surface area (Å²) in [6.07, 6.45) is 4.93. The van der Waals surface area contributed by atoms with Gasteiger partial charge in [0, 0.05) is 18.5 Å². The minimum atomic E-state index is 0.164. The number of hydrogen-bond acceptors (Lipinski definition) is 2. The molecule has 0 heterocycles. The first kappa shape index (κ1) is 14.5. The Hall–Kier alpha value is -0.570. The molecule has 1 aliphatic carbocycles. The summed E-state index contributed by atoms with van der Waals surface area (Å²) in [4.78, 5) is 11.9. The lowest BCUT2D eigenvalue weighted by atomic mass is 9.84. The highest BCUT2D eigenvalue weighted by molar-refractivity contribution is 5.76. The first-order valence-corrected chi connectivity index (χ1v) is 6.83. The normalized spacial score (nSPS) is 26.9. The fraction of sp³-hybridized carbons (Fsp3) is 0.929. The molecule has 0 aliphatic heterocycles. The molecule has 0 spiro atoms. The monoisotopic (exact) mass is 240 g/mol. The lowest BCUT2D eigenvalue weighted by molar-refractivity contribution is -0.122. The maximum atomic E-state index is 11.9. The van der Waals surface area contributed by atoms with E-state index in [0.717, 1.165) is 25.7 Å². The van der Waals surface area contributed by atoms with Gasteiger partial charge in [0.25, 0.3) is 0 Å². The highest BCUT2D eigenvalue weighted by atomic mass is 16.1. The van der Waals surface area contributed by atoms with E-state index in [9.17, 15) is 4.79 Å². The van der Waals surface area contributed by atoms with Crippen LogP contribution in [0.25, 0.3) is 0 Å². The maximum absolute atomic E-state index is 11.9. The fourth-order valence-corrected chi connectivity index (χ4v) is 2.87. The third-order valence-electron chi connectivity index (χ3n) is 3.41. The van der Waals surface area contributed by atoms with Crippen molar-refractivity contribution in [1.82, 2.24) is 5.32 Å². The Labute approximate surface area is 106 Å². The molecule has 100 valence electrons. The summed E-state index contributed by atoms with van der Waals surface area (Å²) < 4.78 is 0. The van der Waals surface area contributed by atoms with Gasteiger partial charge in [-0.05, 0) is 37.0 Å². The smallest absolute Gasteiger partial charge is 0.220 e. The molecule has 0 aromatic carbocycles. The van der Waals surface area contributed by atoms with Crippen LogP contribution in [-0.2, 0) is 4.79 Å². The van der Waals surface area contributed by atoms with Gasteiger partial charge in [-0.3, -0.25) is 4.79 Å². The quantitative estimate of drug-likeness (QED) is 0.793. The number of nitrogens with one attached hydrogen (secondary N) is 1. The van der Waals surface area contributed by atoms with E-state index in [2.05, 4.69) is 33.0 Å². The molecule has 0 bridgehead atoms. The zero-order chi connectivity index (χ0) is 13.1. The second-order valence-corrected chi connectivity index (χ2v) is 6.84. The number of amides is 1. The van der Waals surface area contributed by atoms with Crippen LogP contribution in [0.4, 0.5) is 0 Å². The van der Waals surface area contributed by atoms with Gasteiger partial charge in [-0.2, -0.15) is 0 Å². The third-order valence-corrected chi connectivity index (χ3v) is 3.41. The summed E-state index contributed by atoms with van der Waals surface area (Å²) in [6, 6.07) is 0.376. The molecule has 0 aromatic rings. The molecule has 0 saturated heterocycles. The van der Waals surface area contributed by atoms with Crippen LogP contribution >= 0.6 is 0 Å². The number of nitrogens with two attached hydrogens (primary N) is 1. The van der Waals surface area contributed by atoms with Gasteiger partial charge in [-0.25, -0.2) is 0 Å². The molecule has 1 amide bonds. The highest BCUT2D eigenvalue weighted by Gasteiger charge is 2.26. The first-order chi connectivity index (χ1) is 7.78. The van der Waals surface area contributed by atoms with Gasteiger partial charge in [-0.15, -0.1) is 0 Å². The van der Waals surface area contributed by atoms with Crippen molar-refractivity contribution in [2.75, 3.05) is 0 Å². The first-order valence-electron chi connectivity index (χ1n) is 6.83. The SMILES string of the molecule is CC(CC(=O)NC1CCCC1N)CC(C)(C)C. The minimum Gasteiger partial charge on any atom is -0.352 e. The molecule has 1 aliphatic rings. The molecule has 3 nitrogen and oxygen atoms in total. The molecule has 0 radical (unpaired) electrons. The molecule has 1 fully saturated rings. The van der Waals surface area contributed by atoms with Gasteiger partial charge in [0.1, 0.15) is 0 Å². The van der Waals surface area contributed by atoms with Gasteiger partial charge in [0.05, 0.1) is 0 Å².